The lowest BCUT2D eigenvalue weighted by Gasteiger charge is -2.19. The van der Waals surface area contributed by atoms with Crippen LogP contribution in [-0.4, -0.2) is 29.8 Å². The number of hydrogen-bond donors (Lipinski definition) is 1. The molecule has 2 rings (SSSR count). The third kappa shape index (κ3) is 2.18. The molecular formula is C12H12F2N2O2. The third-order valence-corrected chi connectivity index (χ3v) is 3.01. The summed E-state index contributed by atoms with van der Waals surface area (Å²) in [5.74, 6) is -2.40. The minimum Gasteiger partial charge on any atom is -0.334 e. The molecule has 2 amide bonds. The topological polar surface area (TPSA) is 49.4 Å². The summed E-state index contributed by atoms with van der Waals surface area (Å²) in [5, 5.41) is 2.19. The lowest BCUT2D eigenvalue weighted by molar-refractivity contribution is -0.131. The maximum Gasteiger partial charge on any atom is 0.247 e. The van der Waals surface area contributed by atoms with Gasteiger partial charge in [0.05, 0.1) is 0 Å². The van der Waals surface area contributed by atoms with Crippen LogP contribution >= 0.6 is 0 Å². The molecule has 0 bridgehead atoms. The zero-order valence-corrected chi connectivity index (χ0v) is 9.74. The lowest BCUT2D eigenvalue weighted by Crippen LogP contribution is -2.39. The van der Waals surface area contributed by atoms with Crippen LogP contribution in [0.1, 0.15) is 12.8 Å². The molecule has 0 radical (unpaired) electrons. The number of anilines is 1. The molecule has 1 atom stereocenters. The maximum atomic E-state index is 13.3. The Morgan fingerprint density at radius 2 is 2.00 bits per heavy atom. The van der Waals surface area contributed by atoms with E-state index in [1.165, 1.54) is 18.0 Å². The summed E-state index contributed by atoms with van der Waals surface area (Å²) in [4.78, 5) is 24.4. The average Bonchev–Trinajstić information content (AvgIpc) is 2.65. The van der Waals surface area contributed by atoms with E-state index in [0.29, 0.717) is 6.42 Å². The molecule has 96 valence electrons. The maximum absolute atomic E-state index is 13.3. The fourth-order valence-electron chi connectivity index (χ4n) is 1.93. The molecule has 1 saturated heterocycles. The summed E-state index contributed by atoms with van der Waals surface area (Å²) in [6, 6.07) is 2.66. The standard InChI is InChI=1S/C12H12F2N2O2/c1-16-9(5-6-10(16)17)12(18)15-11-7(13)3-2-4-8(11)14/h2-4,9H,5-6H2,1H3,(H,15,18). The molecular weight excluding hydrogens is 242 g/mol. The van der Waals surface area contributed by atoms with Crippen LogP contribution in [0.15, 0.2) is 18.2 Å². The van der Waals surface area contributed by atoms with E-state index < -0.39 is 29.3 Å². The van der Waals surface area contributed by atoms with Gasteiger partial charge in [-0.3, -0.25) is 9.59 Å². The fourth-order valence-corrected chi connectivity index (χ4v) is 1.93. The first-order chi connectivity index (χ1) is 8.50. The third-order valence-electron chi connectivity index (χ3n) is 3.01. The van der Waals surface area contributed by atoms with Crippen molar-refractivity contribution in [3.63, 3.8) is 0 Å². The van der Waals surface area contributed by atoms with E-state index >= 15 is 0 Å². The number of amides is 2. The van der Waals surface area contributed by atoms with Gasteiger partial charge in [0.15, 0.2) is 0 Å². The van der Waals surface area contributed by atoms with E-state index in [0.717, 1.165) is 12.1 Å². The molecule has 1 aromatic rings. The normalized spacial score (nSPS) is 19.2. The second kappa shape index (κ2) is 4.72. The van der Waals surface area contributed by atoms with Gasteiger partial charge in [-0.05, 0) is 18.6 Å². The van der Waals surface area contributed by atoms with E-state index in [4.69, 9.17) is 0 Å². The quantitative estimate of drug-likeness (QED) is 0.870. The molecule has 6 heteroatoms. The Hall–Kier alpha value is -1.98. The van der Waals surface area contributed by atoms with Gasteiger partial charge in [0, 0.05) is 13.5 Å². The van der Waals surface area contributed by atoms with E-state index in [2.05, 4.69) is 5.32 Å². The van der Waals surface area contributed by atoms with Crippen LogP contribution in [0.3, 0.4) is 0 Å². The first-order valence-corrected chi connectivity index (χ1v) is 5.51. The Balaban J connectivity index is 2.15. The molecule has 18 heavy (non-hydrogen) atoms. The minimum atomic E-state index is -0.838. The van der Waals surface area contributed by atoms with Crippen molar-refractivity contribution in [2.45, 2.75) is 18.9 Å². The first kappa shape index (κ1) is 12.5. The molecule has 4 nitrogen and oxygen atoms in total. The molecule has 1 N–H and O–H groups in total. The number of rotatable bonds is 2. The molecule has 1 heterocycles. The van der Waals surface area contributed by atoms with Crippen molar-refractivity contribution in [1.82, 2.24) is 4.90 Å². The fraction of sp³-hybridized carbons (Fsp3) is 0.333. The van der Waals surface area contributed by atoms with Gasteiger partial charge in [-0.1, -0.05) is 6.07 Å². The van der Waals surface area contributed by atoms with Crippen LogP contribution < -0.4 is 5.32 Å². The predicted molar refractivity (Wildman–Crippen MR) is 60.8 cm³/mol. The number of para-hydroxylation sites is 1. The van der Waals surface area contributed by atoms with Crippen molar-refractivity contribution in [1.29, 1.82) is 0 Å². The number of hydrogen-bond acceptors (Lipinski definition) is 2. The number of carbonyl (C=O) groups is 2. The summed E-state index contributed by atoms with van der Waals surface area (Å²) >= 11 is 0. The summed E-state index contributed by atoms with van der Waals surface area (Å²) < 4.78 is 26.7. The Morgan fingerprint density at radius 3 is 2.50 bits per heavy atom. The highest BCUT2D eigenvalue weighted by molar-refractivity contribution is 5.99. The lowest BCUT2D eigenvalue weighted by atomic mass is 10.2. The van der Waals surface area contributed by atoms with Crippen molar-refractivity contribution in [2.75, 3.05) is 12.4 Å². The first-order valence-electron chi connectivity index (χ1n) is 5.51. The van der Waals surface area contributed by atoms with E-state index in [-0.39, 0.29) is 12.3 Å². The number of benzene rings is 1. The summed E-state index contributed by atoms with van der Waals surface area (Å²) in [7, 11) is 1.50. The zero-order chi connectivity index (χ0) is 13.3. The van der Waals surface area contributed by atoms with Crippen molar-refractivity contribution < 1.29 is 18.4 Å². The SMILES string of the molecule is CN1C(=O)CCC1C(=O)Nc1c(F)cccc1F. The van der Waals surface area contributed by atoms with Crippen LogP contribution in [0, 0.1) is 11.6 Å². The number of nitrogens with one attached hydrogen (secondary N) is 1. The van der Waals surface area contributed by atoms with Gasteiger partial charge in [0.2, 0.25) is 11.8 Å². The minimum absolute atomic E-state index is 0.149. The van der Waals surface area contributed by atoms with Gasteiger partial charge in [0.1, 0.15) is 23.4 Å². The molecule has 1 aliphatic heterocycles. The van der Waals surface area contributed by atoms with Gasteiger partial charge in [-0.25, -0.2) is 8.78 Å². The van der Waals surface area contributed by atoms with Crippen molar-refractivity contribution >= 4 is 17.5 Å². The van der Waals surface area contributed by atoms with Crippen molar-refractivity contribution in [3.05, 3.63) is 29.8 Å². The molecule has 1 aromatic carbocycles. The Labute approximate surface area is 103 Å². The number of halogens is 2. The highest BCUT2D eigenvalue weighted by atomic mass is 19.1. The molecule has 0 aliphatic carbocycles. The van der Waals surface area contributed by atoms with E-state index in [1.807, 2.05) is 0 Å². The molecule has 0 aromatic heterocycles. The van der Waals surface area contributed by atoms with Gasteiger partial charge in [0.25, 0.3) is 0 Å². The largest absolute Gasteiger partial charge is 0.334 e. The van der Waals surface area contributed by atoms with Crippen LogP contribution in [0.5, 0.6) is 0 Å². The molecule has 1 fully saturated rings. The molecule has 1 unspecified atom stereocenters. The molecule has 1 aliphatic rings. The van der Waals surface area contributed by atoms with E-state index in [9.17, 15) is 18.4 Å². The molecule has 0 spiro atoms. The second-order valence-electron chi connectivity index (χ2n) is 4.15. The monoisotopic (exact) mass is 254 g/mol. The van der Waals surface area contributed by atoms with Gasteiger partial charge >= 0.3 is 0 Å². The van der Waals surface area contributed by atoms with Crippen LogP contribution in [0.25, 0.3) is 0 Å². The van der Waals surface area contributed by atoms with Crippen molar-refractivity contribution in [3.8, 4) is 0 Å². The summed E-state index contributed by atoms with van der Waals surface area (Å²) in [6.07, 6.45) is 0.631. The van der Waals surface area contributed by atoms with E-state index in [1.54, 1.807) is 0 Å². The zero-order valence-electron chi connectivity index (χ0n) is 9.74. The Bertz CT molecular complexity index is 485. The molecule has 0 saturated carbocycles. The van der Waals surface area contributed by atoms with Crippen LogP contribution in [0.2, 0.25) is 0 Å². The van der Waals surface area contributed by atoms with Gasteiger partial charge in [-0.2, -0.15) is 0 Å². The predicted octanol–water partition coefficient (Wildman–Crippen LogP) is 1.52. The smallest absolute Gasteiger partial charge is 0.247 e. The summed E-state index contributed by atoms with van der Waals surface area (Å²) in [6.45, 7) is 0. The summed E-state index contributed by atoms with van der Waals surface area (Å²) in [5.41, 5.74) is -0.477. The highest BCUT2D eigenvalue weighted by Crippen LogP contribution is 2.21. The van der Waals surface area contributed by atoms with Crippen LogP contribution in [0.4, 0.5) is 14.5 Å². The number of likely N-dealkylation sites (N-methyl/N-ethyl adjacent to an activating group) is 1. The number of likely N-dealkylation sites (tertiary alicyclic amines) is 1. The van der Waals surface area contributed by atoms with Gasteiger partial charge in [-0.15, -0.1) is 0 Å². The number of nitrogens with zero attached hydrogens (tertiary/aromatic N) is 1. The van der Waals surface area contributed by atoms with Gasteiger partial charge < -0.3 is 10.2 Å². The average molecular weight is 254 g/mol. The Morgan fingerprint density at radius 1 is 1.39 bits per heavy atom. The number of carbonyl (C=O) groups excluding carboxylic acids is 2. The highest BCUT2D eigenvalue weighted by Gasteiger charge is 2.33. The Kier molecular flexibility index (Phi) is 3.27. The van der Waals surface area contributed by atoms with Crippen molar-refractivity contribution in [2.24, 2.45) is 0 Å². The second-order valence-corrected chi connectivity index (χ2v) is 4.15. The van der Waals surface area contributed by atoms with Crippen LogP contribution in [-0.2, 0) is 9.59 Å².